The summed E-state index contributed by atoms with van der Waals surface area (Å²) in [5.41, 5.74) is 1.15. The molecule has 4 heterocycles. The van der Waals surface area contributed by atoms with Crippen LogP contribution in [0.4, 0.5) is 4.79 Å². The molecule has 0 saturated carbocycles. The van der Waals surface area contributed by atoms with Crippen LogP contribution in [0.5, 0.6) is 11.6 Å². The van der Waals surface area contributed by atoms with E-state index in [2.05, 4.69) is 19.5 Å². The predicted octanol–water partition coefficient (Wildman–Crippen LogP) is 4.50. The second-order valence-corrected chi connectivity index (χ2v) is 8.53. The first-order chi connectivity index (χ1) is 14.3. The molecule has 0 aromatic carbocycles. The van der Waals surface area contributed by atoms with E-state index in [0.717, 1.165) is 29.6 Å². The molecule has 0 spiro atoms. The monoisotopic (exact) mass is 409 g/mol. The third kappa shape index (κ3) is 4.22. The lowest BCUT2D eigenvalue weighted by atomic mass is 10.1. The molecule has 0 unspecified atom stereocenters. The Morgan fingerprint density at radius 1 is 1.13 bits per heavy atom. The zero-order valence-electron chi connectivity index (χ0n) is 17.8. The van der Waals surface area contributed by atoms with E-state index in [4.69, 9.17) is 9.47 Å². The van der Waals surface area contributed by atoms with Crippen molar-refractivity contribution in [1.29, 1.82) is 0 Å². The van der Waals surface area contributed by atoms with E-state index in [1.165, 1.54) is 6.33 Å². The Balaban J connectivity index is 1.50. The maximum absolute atomic E-state index is 12.3. The molecule has 30 heavy (non-hydrogen) atoms. The Kier molecular flexibility index (Phi) is 5.32. The predicted molar refractivity (Wildman–Crippen MR) is 113 cm³/mol. The first kappa shape index (κ1) is 20.1. The molecule has 1 amide bonds. The molecule has 3 aromatic heterocycles. The van der Waals surface area contributed by atoms with E-state index in [1.807, 2.05) is 52.1 Å². The number of hydrogen-bond acceptors (Lipinski definition) is 6. The van der Waals surface area contributed by atoms with Crippen LogP contribution in [0.15, 0.2) is 36.9 Å². The third-order valence-corrected chi connectivity index (χ3v) is 5.15. The van der Waals surface area contributed by atoms with Gasteiger partial charge in [0.1, 0.15) is 17.6 Å². The first-order valence-electron chi connectivity index (χ1n) is 10.2. The summed E-state index contributed by atoms with van der Waals surface area (Å²) in [4.78, 5) is 27.2. The number of carbonyl (C=O) groups is 1. The van der Waals surface area contributed by atoms with Gasteiger partial charge in [0.25, 0.3) is 0 Å². The summed E-state index contributed by atoms with van der Waals surface area (Å²) in [6.07, 6.45) is 6.71. The molecule has 1 saturated heterocycles. The van der Waals surface area contributed by atoms with Crippen LogP contribution in [0.2, 0.25) is 0 Å². The molecule has 158 valence electrons. The third-order valence-electron chi connectivity index (χ3n) is 5.15. The van der Waals surface area contributed by atoms with Gasteiger partial charge in [-0.25, -0.2) is 14.8 Å². The summed E-state index contributed by atoms with van der Waals surface area (Å²) >= 11 is 0. The highest BCUT2D eigenvalue weighted by atomic mass is 16.6. The largest absolute Gasteiger partial charge is 0.444 e. The lowest BCUT2D eigenvalue weighted by Gasteiger charge is -2.34. The summed E-state index contributed by atoms with van der Waals surface area (Å²) < 4.78 is 13.7. The number of ether oxygens (including phenoxy) is 2. The number of likely N-dealkylation sites (tertiary alicyclic amines) is 1. The van der Waals surface area contributed by atoms with Crippen molar-refractivity contribution in [3.8, 4) is 11.6 Å². The maximum Gasteiger partial charge on any atom is 0.410 e. The van der Waals surface area contributed by atoms with Gasteiger partial charge < -0.3 is 18.9 Å². The van der Waals surface area contributed by atoms with E-state index in [9.17, 15) is 4.79 Å². The molecular weight excluding hydrogens is 382 g/mol. The van der Waals surface area contributed by atoms with E-state index in [0.29, 0.717) is 24.7 Å². The molecule has 0 N–H and O–H groups in total. The fraction of sp³-hybridized carbons (Fsp3) is 0.455. The number of hydrogen-bond donors (Lipinski definition) is 0. The number of aryl methyl sites for hydroxylation is 1. The van der Waals surface area contributed by atoms with Crippen molar-refractivity contribution < 1.29 is 14.3 Å². The van der Waals surface area contributed by atoms with Gasteiger partial charge in [0.05, 0.1) is 11.1 Å². The quantitative estimate of drug-likeness (QED) is 0.633. The smallest absolute Gasteiger partial charge is 0.410 e. The average Bonchev–Trinajstić information content (AvgIpc) is 3.14. The summed E-state index contributed by atoms with van der Waals surface area (Å²) in [6, 6.07) is 5.95. The van der Waals surface area contributed by atoms with Crippen LogP contribution in [-0.4, -0.2) is 49.2 Å². The Morgan fingerprint density at radius 2 is 1.90 bits per heavy atom. The van der Waals surface area contributed by atoms with Crippen LogP contribution in [0.1, 0.15) is 45.3 Å². The summed E-state index contributed by atoms with van der Waals surface area (Å²) in [5, 5.41) is 0.857. The zero-order valence-corrected chi connectivity index (χ0v) is 17.8. The summed E-state index contributed by atoms with van der Waals surface area (Å²) in [7, 11) is 0. The molecule has 0 bridgehead atoms. The molecule has 8 nitrogen and oxygen atoms in total. The fourth-order valence-corrected chi connectivity index (χ4v) is 3.66. The highest BCUT2D eigenvalue weighted by molar-refractivity contribution is 5.81. The molecule has 0 atom stereocenters. The van der Waals surface area contributed by atoms with Crippen molar-refractivity contribution in [2.75, 3.05) is 13.1 Å². The second-order valence-electron chi connectivity index (χ2n) is 8.53. The van der Waals surface area contributed by atoms with E-state index >= 15 is 0 Å². The topological polar surface area (TPSA) is 82.4 Å². The highest BCUT2D eigenvalue weighted by Crippen LogP contribution is 2.32. The number of piperidine rings is 1. The molecule has 1 aliphatic rings. The minimum atomic E-state index is -0.482. The van der Waals surface area contributed by atoms with Crippen LogP contribution >= 0.6 is 0 Å². The van der Waals surface area contributed by atoms with Gasteiger partial charge >= 0.3 is 6.09 Å². The van der Waals surface area contributed by atoms with Crippen molar-refractivity contribution >= 4 is 17.1 Å². The standard InChI is InChI=1S/C22H27N5O3/c1-15-18(6-5-10-23-15)29-20-17-9-13-27(19(17)24-14-25-20)16-7-11-26(12-8-16)21(28)30-22(2,3)4/h5-6,9-10,13-14,16H,7-8,11-12H2,1-4H3. The van der Waals surface area contributed by atoms with Gasteiger partial charge in [0.2, 0.25) is 5.88 Å². The molecule has 8 heteroatoms. The van der Waals surface area contributed by atoms with Gasteiger partial charge in [0, 0.05) is 31.5 Å². The van der Waals surface area contributed by atoms with Gasteiger partial charge in [-0.1, -0.05) is 0 Å². The Labute approximate surface area is 175 Å². The summed E-state index contributed by atoms with van der Waals surface area (Å²) in [6.45, 7) is 8.87. The van der Waals surface area contributed by atoms with E-state index in [-0.39, 0.29) is 12.1 Å². The number of fused-ring (bicyclic) bond motifs is 1. The lowest BCUT2D eigenvalue weighted by Crippen LogP contribution is -2.42. The number of carbonyl (C=O) groups excluding carboxylic acids is 1. The number of rotatable bonds is 3. The van der Waals surface area contributed by atoms with Gasteiger partial charge in [-0.15, -0.1) is 0 Å². The van der Waals surface area contributed by atoms with Crippen LogP contribution in [0, 0.1) is 6.92 Å². The first-order valence-corrected chi connectivity index (χ1v) is 10.2. The van der Waals surface area contributed by atoms with Crippen molar-refractivity contribution in [3.63, 3.8) is 0 Å². The maximum atomic E-state index is 12.3. The zero-order chi connectivity index (χ0) is 21.3. The molecule has 1 aliphatic heterocycles. The molecule has 4 rings (SSSR count). The number of aromatic nitrogens is 4. The SMILES string of the molecule is Cc1ncccc1Oc1ncnc2c1ccn2C1CCN(C(=O)OC(C)(C)C)CC1. The van der Waals surface area contributed by atoms with Crippen molar-refractivity contribution in [2.45, 2.75) is 52.2 Å². The molecule has 0 radical (unpaired) electrons. The van der Waals surface area contributed by atoms with Gasteiger partial charge in [-0.2, -0.15) is 0 Å². The van der Waals surface area contributed by atoms with Crippen molar-refractivity contribution in [1.82, 2.24) is 24.4 Å². The average molecular weight is 409 g/mol. The van der Waals surface area contributed by atoms with Crippen LogP contribution < -0.4 is 4.74 Å². The minimum absolute atomic E-state index is 0.247. The molecular formula is C22H27N5O3. The summed E-state index contributed by atoms with van der Waals surface area (Å²) in [5.74, 6) is 1.19. The number of pyridine rings is 1. The van der Waals surface area contributed by atoms with Gasteiger partial charge in [-0.3, -0.25) is 4.98 Å². The van der Waals surface area contributed by atoms with Crippen molar-refractivity contribution in [3.05, 3.63) is 42.6 Å². The minimum Gasteiger partial charge on any atom is -0.444 e. The highest BCUT2D eigenvalue weighted by Gasteiger charge is 2.28. The van der Waals surface area contributed by atoms with Crippen molar-refractivity contribution in [2.24, 2.45) is 0 Å². The van der Waals surface area contributed by atoms with Gasteiger partial charge in [0.15, 0.2) is 5.75 Å². The van der Waals surface area contributed by atoms with E-state index in [1.54, 1.807) is 11.1 Å². The molecule has 3 aromatic rings. The van der Waals surface area contributed by atoms with Gasteiger partial charge in [-0.05, 0) is 58.7 Å². The Morgan fingerprint density at radius 3 is 2.60 bits per heavy atom. The molecule has 1 fully saturated rings. The lowest BCUT2D eigenvalue weighted by molar-refractivity contribution is 0.0189. The normalized spacial score (nSPS) is 15.4. The molecule has 0 aliphatic carbocycles. The fourth-order valence-electron chi connectivity index (χ4n) is 3.66. The van der Waals surface area contributed by atoms with E-state index < -0.39 is 5.60 Å². The van der Waals surface area contributed by atoms with Crippen LogP contribution in [0.3, 0.4) is 0 Å². The number of nitrogens with zero attached hydrogens (tertiary/aromatic N) is 5. The second kappa shape index (κ2) is 7.93. The number of amides is 1. The Hall–Kier alpha value is -3.16. The van der Waals surface area contributed by atoms with Crippen LogP contribution in [0.25, 0.3) is 11.0 Å². The Bertz CT molecular complexity index is 1050. The van der Waals surface area contributed by atoms with Crippen LogP contribution in [-0.2, 0) is 4.74 Å².